The van der Waals surface area contributed by atoms with Crippen LogP contribution in [0.2, 0.25) is 0 Å². The lowest BCUT2D eigenvalue weighted by atomic mass is 10.2. The van der Waals surface area contributed by atoms with Crippen molar-refractivity contribution in [3.8, 4) is 0 Å². The second-order valence-corrected chi connectivity index (χ2v) is 6.19. The molecule has 0 fully saturated rings. The van der Waals surface area contributed by atoms with Crippen molar-refractivity contribution in [2.24, 2.45) is 0 Å². The molecule has 1 aromatic rings. The highest BCUT2D eigenvalue weighted by molar-refractivity contribution is 7.90. The van der Waals surface area contributed by atoms with Gasteiger partial charge >= 0.3 is 12.2 Å². The third kappa shape index (κ3) is 5.40. The first-order valence-electron chi connectivity index (χ1n) is 6.09. The Morgan fingerprint density at radius 1 is 1.17 bits per heavy atom. The molecule has 0 bridgehead atoms. The second kappa shape index (κ2) is 6.82. The molecule has 0 unspecified atom stereocenters. The molecule has 0 aliphatic heterocycles. The molecule has 0 spiro atoms. The number of alkyl halides is 3. The van der Waals surface area contributed by atoms with Crippen molar-refractivity contribution in [2.75, 3.05) is 7.05 Å². The number of carbonyl (C=O) groups is 2. The second-order valence-electron chi connectivity index (χ2n) is 4.51. The van der Waals surface area contributed by atoms with E-state index < -0.39 is 28.0 Å². The van der Waals surface area contributed by atoms with Gasteiger partial charge in [-0.3, -0.25) is 4.79 Å². The average molecular weight is 350 g/mol. The van der Waals surface area contributed by atoms with Crippen LogP contribution in [0.25, 0.3) is 0 Å². The molecular weight excluding hydrogens is 337 g/mol. The lowest BCUT2D eigenvalue weighted by Crippen LogP contribution is -2.38. The van der Waals surface area contributed by atoms with E-state index in [-0.39, 0.29) is 11.0 Å². The van der Waals surface area contributed by atoms with Crippen molar-refractivity contribution in [1.29, 1.82) is 0 Å². The molecule has 0 radical (unpaired) electrons. The Hall–Kier alpha value is -2.36. The van der Waals surface area contributed by atoms with Crippen LogP contribution in [-0.2, 0) is 14.8 Å². The zero-order valence-corrected chi connectivity index (χ0v) is 12.9. The van der Waals surface area contributed by atoms with Gasteiger partial charge in [-0.15, -0.1) is 0 Å². The maximum atomic E-state index is 12.0. The van der Waals surface area contributed by atoms with E-state index in [9.17, 15) is 31.2 Å². The first-order chi connectivity index (χ1) is 10.4. The van der Waals surface area contributed by atoms with Crippen LogP contribution < -0.4 is 4.72 Å². The van der Waals surface area contributed by atoms with Crippen molar-refractivity contribution in [3.05, 3.63) is 42.1 Å². The number of ketones is 1. The van der Waals surface area contributed by atoms with Gasteiger partial charge in [0.1, 0.15) is 0 Å². The number of hydrogen-bond donors (Lipinski definition) is 1. The molecule has 0 aliphatic rings. The fourth-order valence-electron chi connectivity index (χ4n) is 1.30. The monoisotopic (exact) mass is 350 g/mol. The Morgan fingerprint density at radius 2 is 1.70 bits per heavy atom. The molecule has 10 heteroatoms. The molecule has 6 nitrogen and oxygen atoms in total. The van der Waals surface area contributed by atoms with Crippen molar-refractivity contribution >= 4 is 21.8 Å². The highest BCUT2D eigenvalue weighted by Gasteiger charge is 2.36. The van der Waals surface area contributed by atoms with E-state index in [1.807, 2.05) is 0 Å². The summed E-state index contributed by atoms with van der Waals surface area (Å²) in [5.74, 6) is -2.17. The molecule has 0 aliphatic carbocycles. The number of amides is 2. The molecule has 2 amide bonds. The number of rotatable bonds is 4. The van der Waals surface area contributed by atoms with Gasteiger partial charge in [0.15, 0.2) is 0 Å². The summed E-state index contributed by atoms with van der Waals surface area (Å²) in [5.41, 5.74) is 0.806. The molecule has 0 aromatic heterocycles. The van der Waals surface area contributed by atoms with Crippen LogP contribution >= 0.6 is 0 Å². The number of hydrogen-bond acceptors (Lipinski definition) is 4. The summed E-state index contributed by atoms with van der Waals surface area (Å²) < 4.78 is 61.6. The minimum Gasteiger partial charge on any atom is -0.303 e. The van der Waals surface area contributed by atoms with E-state index >= 15 is 0 Å². The Morgan fingerprint density at radius 3 is 2.17 bits per heavy atom. The number of allylic oxidation sites excluding steroid dienone is 1. The van der Waals surface area contributed by atoms with Gasteiger partial charge in [-0.25, -0.2) is 17.9 Å². The number of nitrogens with one attached hydrogen (secondary N) is 1. The van der Waals surface area contributed by atoms with Gasteiger partial charge in [0.25, 0.3) is 15.8 Å². The minimum absolute atomic E-state index is 0.123. The van der Waals surface area contributed by atoms with E-state index in [1.165, 1.54) is 24.3 Å². The summed E-state index contributed by atoms with van der Waals surface area (Å²) in [5, 5.41) is 0. The van der Waals surface area contributed by atoms with Crippen LogP contribution in [0.5, 0.6) is 0 Å². The summed E-state index contributed by atoms with van der Waals surface area (Å²) in [4.78, 5) is 22.6. The topological polar surface area (TPSA) is 83.6 Å². The maximum Gasteiger partial charge on any atom is 0.454 e. The van der Waals surface area contributed by atoms with Crippen LogP contribution in [0, 0.1) is 6.92 Å². The van der Waals surface area contributed by atoms with Crippen LogP contribution in [0.1, 0.15) is 5.56 Å². The van der Waals surface area contributed by atoms with Crippen molar-refractivity contribution in [2.45, 2.75) is 18.0 Å². The predicted molar refractivity (Wildman–Crippen MR) is 74.9 cm³/mol. The van der Waals surface area contributed by atoms with Gasteiger partial charge in [0, 0.05) is 19.3 Å². The first-order valence-corrected chi connectivity index (χ1v) is 7.57. The molecule has 126 valence electrons. The molecule has 0 saturated heterocycles. The number of halogens is 3. The Labute approximate surface area is 130 Å². The highest BCUT2D eigenvalue weighted by atomic mass is 32.2. The van der Waals surface area contributed by atoms with E-state index in [0.717, 1.165) is 12.6 Å². The number of urea groups is 1. The lowest BCUT2D eigenvalue weighted by Gasteiger charge is -2.14. The first kappa shape index (κ1) is 18.7. The SMILES string of the molecule is Cc1ccc(S(=O)(=O)NC(=O)N(C)/C=C/C(=O)C(F)(F)F)cc1. The molecule has 1 rings (SSSR count). The molecule has 0 atom stereocenters. The van der Waals surface area contributed by atoms with Crippen LogP contribution in [0.15, 0.2) is 41.4 Å². The standard InChI is InChI=1S/C13H13F3N2O4S/c1-9-3-5-10(6-4-9)23(21,22)17-12(20)18(2)8-7-11(19)13(14,15)16/h3-8H,1-2H3,(H,17,20)/b8-7+. The van der Waals surface area contributed by atoms with E-state index in [1.54, 1.807) is 11.6 Å². The van der Waals surface area contributed by atoms with Gasteiger partial charge in [0.05, 0.1) is 4.90 Å². The summed E-state index contributed by atoms with van der Waals surface area (Å²) in [6.45, 7) is 1.74. The number of carbonyl (C=O) groups excluding carboxylic acids is 2. The van der Waals surface area contributed by atoms with Crippen LogP contribution in [-0.4, -0.2) is 38.4 Å². The maximum absolute atomic E-state index is 12.0. The van der Waals surface area contributed by atoms with Gasteiger partial charge in [0.2, 0.25) is 0 Å². The number of benzene rings is 1. The Kier molecular flexibility index (Phi) is 5.54. The molecule has 0 heterocycles. The summed E-state index contributed by atoms with van der Waals surface area (Å²) in [7, 11) is -3.17. The lowest BCUT2D eigenvalue weighted by molar-refractivity contribution is -0.165. The fourth-order valence-corrected chi connectivity index (χ4v) is 2.29. The smallest absolute Gasteiger partial charge is 0.303 e. The fraction of sp³-hybridized carbons (Fsp3) is 0.231. The predicted octanol–water partition coefficient (Wildman–Crippen LogP) is 1.97. The van der Waals surface area contributed by atoms with Crippen LogP contribution in [0.4, 0.5) is 18.0 Å². The van der Waals surface area contributed by atoms with E-state index in [2.05, 4.69) is 0 Å². The molecule has 1 N–H and O–H groups in total. The van der Waals surface area contributed by atoms with Gasteiger partial charge in [-0.1, -0.05) is 17.7 Å². The quantitative estimate of drug-likeness (QED) is 0.842. The molecule has 0 saturated carbocycles. The van der Waals surface area contributed by atoms with E-state index in [0.29, 0.717) is 11.1 Å². The Balaban J connectivity index is 2.80. The highest BCUT2D eigenvalue weighted by Crippen LogP contribution is 2.16. The van der Waals surface area contributed by atoms with E-state index in [4.69, 9.17) is 0 Å². The normalized spacial score (nSPS) is 12.2. The number of aryl methyl sites for hydroxylation is 1. The van der Waals surface area contributed by atoms with Crippen molar-refractivity contribution in [3.63, 3.8) is 0 Å². The summed E-state index contributed by atoms with van der Waals surface area (Å²) >= 11 is 0. The third-order valence-corrected chi connectivity index (χ3v) is 3.94. The average Bonchev–Trinajstić information content (AvgIpc) is 2.43. The van der Waals surface area contributed by atoms with Crippen molar-refractivity contribution in [1.82, 2.24) is 9.62 Å². The molecule has 23 heavy (non-hydrogen) atoms. The zero-order valence-electron chi connectivity index (χ0n) is 12.1. The van der Waals surface area contributed by atoms with Gasteiger partial charge in [-0.2, -0.15) is 13.2 Å². The van der Waals surface area contributed by atoms with Crippen LogP contribution in [0.3, 0.4) is 0 Å². The zero-order chi connectivity index (χ0) is 17.8. The van der Waals surface area contributed by atoms with Gasteiger partial charge in [-0.05, 0) is 19.1 Å². The molecule has 1 aromatic carbocycles. The Bertz CT molecular complexity index is 725. The largest absolute Gasteiger partial charge is 0.454 e. The minimum atomic E-state index is -5.07. The van der Waals surface area contributed by atoms with Gasteiger partial charge < -0.3 is 4.90 Å². The number of nitrogens with zero attached hydrogens (tertiary/aromatic N) is 1. The number of sulfonamides is 1. The third-order valence-electron chi connectivity index (χ3n) is 2.60. The van der Waals surface area contributed by atoms with Crippen molar-refractivity contribution < 1.29 is 31.2 Å². The summed E-state index contributed by atoms with van der Waals surface area (Å²) in [6.07, 6.45) is -4.42. The molecular formula is C13H13F3N2O4S. The summed E-state index contributed by atoms with van der Waals surface area (Å²) in [6, 6.07) is 4.37.